The number of carbonyl (C=O) groups excluding carboxylic acids is 2. The summed E-state index contributed by atoms with van der Waals surface area (Å²) in [5, 5.41) is 0. The highest BCUT2D eigenvalue weighted by Gasteiger charge is 2.35. The second-order valence-corrected chi connectivity index (χ2v) is 8.92. The summed E-state index contributed by atoms with van der Waals surface area (Å²) in [5.74, 6) is 0.602. The largest absolute Gasteiger partial charge is 0.467 e. The first-order valence-electron chi connectivity index (χ1n) is 10.7. The molecule has 1 aromatic heterocycles. The molecule has 0 N–H and O–H groups in total. The summed E-state index contributed by atoms with van der Waals surface area (Å²) in [6, 6.07) is 13.4. The van der Waals surface area contributed by atoms with Crippen molar-refractivity contribution in [3.05, 3.63) is 60.1 Å². The average molecular weight is 447 g/mol. The van der Waals surface area contributed by atoms with Gasteiger partial charge in [-0.05, 0) is 44.4 Å². The molecule has 2 amide bonds. The minimum atomic E-state index is -0.758. The van der Waals surface area contributed by atoms with E-state index in [0.717, 1.165) is 18.4 Å². The predicted octanol–water partition coefficient (Wildman–Crippen LogP) is 4.08. The third kappa shape index (κ3) is 6.58. The van der Waals surface area contributed by atoms with Gasteiger partial charge in [-0.25, -0.2) is 0 Å². The Morgan fingerprint density at radius 3 is 2.48 bits per heavy atom. The Labute approximate surface area is 189 Å². The maximum atomic E-state index is 13.4. The lowest BCUT2D eigenvalue weighted by Crippen LogP contribution is -2.49. The SMILES string of the molecule is CC(C)(CCl)C(=O)N(CC(=O)N(Cc1ccccc1)Cc1ccco1)CC1CCCO1. The Balaban J connectivity index is 1.77. The molecule has 1 aliphatic heterocycles. The van der Waals surface area contributed by atoms with Gasteiger partial charge >= 0.3 is 0 Å². The minimum Gasteiger partial charge on any atom is -0.467 e. The highest BCUT2D eigenvalue weighted by atomic mass is 35.5. The molecule has 6 nitrogen and oxygen atoms in total. The summed E-state index contributed by atoms with van der Waals surface area (Å²) in [6.07, 6.45) is 3.41. The van der Waals surface area contributed by atoms with Crippen molar-refractivity contribution < 1.29 is 18.7 Å². The first-order valence-corrected chi connectivity index (χ1v) is 11.2. The Kier molecular flexibility index (Phi) is 8.15. The van der Waals surface area contributed by atoms with Gasteiger partial charge in [0, 0.05) is 25.6 Å². The predicted molar refractivity (Wildman–Crippen MR) is 119 cm³/mol. The van der Waals surface area contributed by atoms with Crippen molar-refractivity contribution in [1.82, 2.24) is 9.80 Å². The van der Waals surface area contributed by atoms with Crippen LogP contribution in [-0.4, -0.2) is 53.3 Å². The van der Waals surface area contributed by atoms with Crippen molar-refractivity contribution in [3.8, 4) is 0 Å². The Hall–Kier alpha value is -2.31. The number of benzene rings is 1. The summed E-state index contributed by atoms with van der Waals surface area (Å²) in [6.45, 7) is 5.44. The van der Waals surface area contributed by atoms with Crippen LogP contribution in [0.3, 0.4) is 0 Å². The van der Waals surface area contributed by atoms with Gasteiger partial charge in [-0.2, -0.15) is 0 Å². The molecule has 7 heteroatoms. The third-order valence-corrected chi connectivity index (χ3v) is 6.14. The van der Waals surface area contributed by atoms with E-state index in [0.29, 0.717) is 32.0 Å². The lowest BCUT2D eigenvalue weighted by Gasteiger charge is -2.33. The fourth-order valence-electron chi connectivity index (χ4n) is 3.63. The van der Waals surface area contributed by atoms with Crippen LogP contribution in [0.25, 0.3) is 0 Å². The van der Waals surface area contributed by atoms with Gasteiger partial charge in [-0.15, -0.1) is 11.6 Å². The van der Waals surface area contributed by atoms with Crippen LogP contribution in [0.15, 0.2) is 53.1 Å². The summed E-state index contributed by atoms with van der Waals surface area (Å²) >= 11 is 6.06. The van der Waals surface area contributed by atoms with E-state index in [4.69, 9.17) is 20.8 Å². The molecule has 1 saturated heterocycles. The standard InChI is InChI=1S/C24H31ClN2O4/c1-24(2,18-25)23(29)27(16-21-11-7-13-31-21)17-22(28)26(15-20-10-6-12-30-20)14-19-8-4-3-5-9-19/h3-6,8-10,12,21H,7,11,13-18H2,1-2H3. The molecule has 31 heavy (non-hydrogen) atoms. The Bertz CT molecular complexity index is 833. The summed E-state index contributed by atoms with van der Waals surface area (Å²) in [4.78, 5) is 29.9. The monoisotopic (exact) mass is 446 g/mol. The molecule has 0 radical (unpaired) electrons. The highest BCUT2D eigenvalue weighted by molar-refractivity contribution is 6.19. The third-order valence-electron chi connectivity index (χ3n) is 5.47. The van der Waals surface area contributed by atoms with Crippen LogP contribution in [-0.2, 0) is 27.4 Å². The summed E-state index contributed by atoms with van der Waals surface area (Å²) < 4.78 is 11.2. The topological polar surface area (TPSA) is 63.0 Å². The average Bonchev–Trinajstić information content (AvgIpc) is 3.47. The van der Waals surface area contributed by atoms with Crippen LogP contribution in [0.5, 0.6) is 0 Å². The van der Waals surface area contributed by atoms with Crippen molar-refractivity contribution in [2.45, 2.75) is 45.9 Å². The maximum Gasteiger partial charge on any atom is 0.242 e. The number of hydrogen-bond donors (Lipinski definition) is 0. The number of halogens is 1. The summed E-state index contributed by atoms with van der Waals surface area (Å²) in [5.41, 5.74) is 0.256. The second kappa shape index (κ2) is 10.8. The van der Waals surface area contributed by atoms with Crippen molar-refractivity contribution in [3.63, 3.8) is 0 Å². The van der Waals surface area contributed by atoms with Gasteiger partial charge in [0.15, 0.2) is 0 Å². The highest BCUT2D eigenvalue weighted by Crippen LogP contribution is 2.23. The van der Waals surface area contributed by atoms with Crippen LogP contribution in [0.2, 0.25) is 0 Å². The van der Waals surface area contributed by atoms with Crippen molar-refractivity contribution in [1.29, 1.82) is 0 Å². The quantitative estimate of drug-likeness (QED) is 0.516. The maximum absolute atomic E-state index is 13.4. The molecule has 168 valence electrons. The van der Waals surface area contributed by atoms with Crippen LogP contribution in [0, 0.1) is 5.41 Å². The fraction of sp³-hybridized carbons (Fsp3) is 0.500. The second-order valence-electron chi connectivity index (χ2n) is 8.65. The zero-order chi connectivity index (χ0) is 22.3. The Morgan fingerprint density at radius 1 is 1.10 bits per heavy atom. The zero-order valence-corrected chi connectivity index (χ0v) is 19.0. The van der Waals surface area contributed by atoms with Crippen LogP contribution >= 0.6 is 11.6 Å². The molecular weight excluding hydrogens is 416 g/mol. The smallest absolute Gasteiger partial charge is 0.242 e. The van der Waals surface area contributed by atoms with Crippen molar-refractivity contribution in [2.24, 2.45) is 5.41 Å². The number of ether oxygens (including phenoxy) is 1. The Morgan fingerprint density at radius 2 is 1.87 bits per heavy atom. The van der Waals surface area contributed by atoms with Crippen LogP contribution < -0.4 is 0 Å². The molecule has 1 unspecified atom stereocenters. The molecule has 0 spiro atoms. The molecule has 1 fully saturated rings. The van der Waals surface area contributed by atoms with Gasteiger partial charge in [0.25, 0.3) is 0 Å². The molecule has 0 saturated carbocycles. The van der Waals surface area contributed by atoms with E-state index in [2.05, 4.69) is 0 Å². The molecule has 0 aliphatic carbocycles. The van der Waals surface area contributed by atoms with E-state index in [9.17, 15) is 9.59 Å². The van der Waals surface area contributed by atoms with Crippen molar-refractivity contribution in [2.75, 3.05) is 25.6 Å². The molecular formula is C24H31ClN2O4. The first-order chi connectivity index (χ1) is 14.9. The zero-order valence-electron chi connectivity index (χ0n) is 18.3. The molecule has 1 atom stereocenters. The van der Waals surface area contributed by atoms with Crippen LogP contribution in [0.4, 0.5) is 0 Å². The van der Waals surface area contributed by atoms with E-state index in [1.165, 1.54) is 0 Å². The van der Waals surface area contributed by atoms with Gasteiger partial charge < -0.3 is 19.0 Å². The number of hydrogen-bond acceptors (Lipinski definition) is 4. The number of rotatable bonds is 10. The van der Waals surface area contributed by atoms with Crippen LogP contribution in [0.1, 0.15) is 38.0 Å². The van der Waals surface area contributed by atoms with Crippen molar-refractivity contribution >= 4 is 23.4 Å². The molecule has 0 bridgehead atoms. The molecule has 1 aromatic carbocycles. The van der Waals surface area contributed by atoms with Gasteiger partial charge in [-0.3, -0.25) is 9.59 Å². The lowest BCUT2D eigenvalue weighted by molar-refractivity contribution is -0.147. The summed E-state index contributed by atoms with van der Waals surface area (Å²) in [7, 11) is 0. The first kappa shape index (κ1) is 23.4. The number of nitrogens with zero attached hydrogens (tertiary/aromatic N) is 2. The number of furan rings is 1. The number of carbonyl (C=O) groups is 2. The van der Waals surface area contributed by atoms with E-state index < -0.39 is 5.41 Å². The van der Waals surface area contributed by atoms with Gasteiger partial charge in [0.2, 0.25) is 11.8 Å². The van der Waals surface area contributed by atoms with E-state index in [1.807, 2.05) is 36.4 Å². The molecule has 1 aliphatic rings. The van der Waals surface area contributed by atoms with E-state index >= 15 is 0 Å². The number of amides is 2. The van der Waals surface area contributed by atoms with Gasteiger partial charge in [-0.1, -0.05) is 30.3 Å². The normalized spacial score (nSPS) is 16.3. The van der Waals surface area contributed by atoms with E-state index in [-0.39, 0.29) is 30.3 Å². The van der Waals surface area contributed by atoms with E-state index in [1.54, 1.807) is 36.0 Å². The molecule has 2 aromatic rings. The lowest BCUT2D eigenvalue weighted by atomic mass is 9.94. The minimum absolute atomic E-state index is 0.0213. The number of alkyl halides is 1. The molecule has 2 heterocycles. The van der Waals surface area contributed by atoms with Gasteiger partial charge in [0.1, 0.15) is 5.76 Å². The fourth-order valence-corrected chi connectivity index (χ4v) is 3.74. The molecule has 3 rings (SSSR count). The van der Waals surface area contributed by atoms with Gasteiger partial charge in [0.05, 0.1) is 30.9 Å².